The number of aryl methyl sites for hydroxylation is 1. The van der Waals surface area contributed by atoms with Gasteiger partial charge in [0, 0.05) is 35.3 Å². The topological polar surface area (TPSA) is 59.2 Å². The van der Waals surface area contributed by atoms with Gasteiger partial charge in [0.15, 0.2) is 0 Å². The molecule has 1 unspecified atom stereocenters. The van der Waals surface area contributed by atoms with E-state index in [0.717, 1.165) is 36.6 Å². The lowest BCUT2D eigenvalue weighted by Crippen LogP contribution is -2.44. The van der Waals surface area contributed by atoms with E-state index in [1.165, 1.54) is 0 Å². The predicted molar refractivity (Wildman–Crippen MR) is 80.5 cm³/mol. The standard InChI is InChI=1S/C14H21N3OS/c1-3-4-12-7-11(8-13(15)16-12)14(18)17-5-6-19-9-10(17)2/h7-8,10H,3-6,9H2,1-2H3,(H2,15,16). The molecule has 0 aromatic carbocycles. The smallest absolute Gasteiger partial charge is 0.254 e. The SMILES string of the molecule is CCCc1cc(C(=O)N2CCSCC2C)cc(N)n1. The maximum Gasteiger partial charge on any atom is 0.254 e. The summed E-state index contributed by atoms with van der Waals surface area (Å²) < 4.78 is 0. The van der Waals surface area contributed by atoms with E-state index in [1.807, 2.05) is 22.7 Å². The fourth-order valence-corrected chi connectivity index (χ4v) is 3.33. The molecule has 104 valence electrons. The Morgan fingerprint density at radius 1 is 1.58 bits per heavy atom. The second-order valence-corrected chi connectivity index (χ2v) is 6.09. The fourth-order valence-electron chi connectivity index (χ4n) is 2.31. The molecule has 0 saturated carbocycles. The molecule has 0 radical (unpaired) electrons. The molecule has 1 saturated heterocycles. The number of hydrogen-bond acceptors (Lipinski definition) is 4. The van der Waals surface area contributed by atoms with Gasteiger partial charge in [-0.1, -0.05) is 13.3 Å². The van der Waals surface area contributed by atoms with Crippen molar-refractivity contribution in [2.75, 3.05) is 23.8 Å². The number of hydrogen-bond donors (Lipinski definition) is 1. The number of carbonyl (C=O) groups is 1. The van der Waals surface area contributed by atoms with Crippen LogP contribution < -0.4 is 5.73 Å². The molecule has 1 fully saturated rings. The van der Waals surface area contributed by atoms with Crippen LogP contribution >= 0.6 is 11.8 Å². The van der Waals surface area contributed by atoms with Crippen LogP contribution in [0.5, 0.6) is 0 Å². The molecule has 19 heavy (non-hydrogen) atoms. The van der Waals surface area contributed by atoms with Gasteiger partial charge in [-0.15, -0.1) is 0 Å². The Balaban J connectivity index is 2.22. The van der Waals surface area contributed by atoms with Gasteiger partial charge in [-0.25, -0.2) is 4.98 Å². The molecule has 1 amide bonds. The van der Waals surface area contributed by atoms with Crippen molar-refractivity contribution in [3.63, 3.8) is 0 Å². The number of anilines is 1. The van der Waals surface area contributed by atoms with Crippen LogP contribution in [-0.2, 0) is 6.42 Å². The summed E-state index contributed by atoms with van der Waals surface area (Å²) in [5.74, 6) is 2.54. The van der Waals surface area contributed by atoms with Gasteiger partial charge in [0.1, 0.15) is 5.82 Å². The molecule has 0 spiro atoms. The largest absolute Gasteiger partial charge is 0.384 e. The summed E-state index contributed by atoms with van der Waals surface area (Å²) in [6, 6.07) is 3.86. The molecule has 4 nitrogen and oxygen atoms in total. The van der Waals surface area contributed by atoms with E-state index in [0.29, 0.717) is 11.4 Å². The summed E-state index contributed by atoms with van der Waals surface area (Å²) in [5, 5.41) is 0. The van der Waals surface area contributed by atoms with E-state index in [2.05, 4.69) is 18.8 Å². The molecule has 1 atom stereocenters. The Kier molecular flexibility index (Phi) is 4.69. The number of thioether (sulfide) groups is 1. The number of carbonyl (C=O) groups excluding carboxylic acids is 1. The Morgan fingerprint density at radius 2 is 2.37 bits per heavy atom. The van der Waals surface area contributed by atoms with E-state index in [9.17, 15) is 4.79 Å². The van der Waals surface area contributed by atoms with Crippen molar-refractivity contribution in [1.82, 2.24) is 9.88 Å². The van der Waals surface area contributed by atoms with E-state index in [4.69, 9.17) is 5.73 Å². The molecule has 2 heterocycles. The van der Waals surface area contributed by atoms with E-state index < -0.39 is 0 Å². The van der Waals surface area contributed by atoms with Gasteiger partial charge < -0.3 is 10.6 Å². The minimum Gasteiger partial charge on any atom is -0.384 e. The Hall–Kier alpha value is -1.23. The van der Waals surface area contributed by atoms with Crippen molar-refractivity contribution in [2.45, 2.75) is 32.7 Å². The zero-order valence-corrected chi connectivity index (χ0v) is 12.4. The first kappa shape index (κ1) is 14.2. The van der Waals surface area contributed by atoms with Crippen LogP contribution in [0.3, 0.4) is 0 Å². The molecule has 1 aromatic rings. The molecule has 1 aromatic heterocycles. The van der Waals surface area contributed by atoms with Crippen LogP contribution in [0.4, 0.5) is 5.82 Å². The number of pyridine rings is 1. The van der Waals surface area contributed by atoms with Gasteiger partial charge >= 0.3 is 0 Å². The lowest BCUT2D eigenvalue weighted by molar-refractivity contribution is 0.0716. The van der Waals surface area contributed by atoms with E-state index >= 15 is 0 Å². The highest BCUT2D eigenvalue weighted by Gasteiger charge is 2.25. The number of rotatable bonds is 3. The van der Waals surface area contributed by atoms with Crippen molar-refractivity contribution in [3.8, 4) is 0 Å². The van der Waals surface area contributed by atoms with Crippen molar-refractivity contribution in [1.29, 1.82) is 0 Å². The highest BCUT2D eigenvalue weighted by atomic mass is 32.2. The number of nitrogen functional groups attached to an aromatic ring is 1. The maximum absolute atomic E-state index is 12.6. The second kappa shape index (κ2) is 6.28. The van der Waals surface area contributed by atoms with Gasteiger partial charge in [-0.2, -0.15) is 11.8 Å². The van der Waals surface area contributed by atoms with Crippen molar-refractivity contribution in [3.05, 3.63) is 23.4 Å². The average molecular weight is 279 g/mol. The summed E-state index contributed by atoms with van der Waals surface area (Å²) in [7, 11) is 0. The molecular formula is C14H21N3OS. The minimum atomic E-state index is 0.0826. The van der Waals surface area contributed by atoms with E-state index in [-0.39, 0.29) is 11.9 Å². The van der Waals surface area contributed by atoms with Crippen LogP contribution in [0.1, 0.15) is 36.3 Å². The average Bonchev–Trinajstić information content (AvgIpc) is 2.38. The van der Waals surface area contributed by atoms with Gasteiger partial charge in [-0.05, 0) is 25.5 Å². The molecule has 5 heteroatoms. The van der Waals surface area contributed by atoms with Crippen LogP contribution in [-0.4, -0.2) is 39.9 Å². The first-order chi connectivity index (χ1) is 9.11. The zero-order chi connectivity index (χ0) is 13.8. The quantitative estimate of drug-likeness (QED) is 0.921. The third-order valence-corrected chi connectivity index (χ3v) is 4.47. The third-order valence-electron chi connectivity index (χ3n) is 3.28. The van der Waals surface area contributed by atoms with Crippen LogP contribution in [0.25, 0.3) is 0 Å². The first-order valence-corrected chi connectivity index (χ1v) is 7.92. The van der Waals surface area contributed by atoms with Gasteiger partial charge in [0.05, 0.1) is 0 Å². The zero-order valence-electron chi connectivity index (χ0n) is 11.6. The molecule has 2 rings (SSSR count). The normalized spacial score (nSPS) is 19.5. The van der Waals surface area contributed by atoms with Crippen LogP contribution in [0, 0.1) is 0 Å². The number of aromatic nitrogens is 1. The van der Waals surface area contributed by atoms with Crippen molar-refractivity contribution < 1.29 is 4.79 Å². The molecule has 1 aliphatic rings. The second-order valence-electron chi connectivity index (χ2n) is 4.94. The number of nitrogens with two attached hydrogens (primary N) is 1. The third kappa shape index (κ3) is 3.41. The highest BCUT2D eigenvalue weighted by molar-refractivity contribution is 7.99. The first-order valence-electron chi connectivity index (χ1n) is 6.77. The molecule has 1 aliphatic heterocycles. The lowest BCUT2D eigenvalue weighted by Gasteiger charge is -2.33. The summed E-state index contributed by atoms with van der Waals surface area (Å²) >= 11 is 1.90. The highest BCUT2D eigenvalue weighted by Crippen LogP contribution is 2.20. The van der Waals surface area contributed by atoms with Crippen LogP contribution in [0.2, 0.25) is 0 Å². The fraction of sp³-hybridized carbons (Fsp3) is 0.571. The minimum absolute atomic E-state index is 0.0826. The van der Waals surface area contributed by atoms with Gasteiger partial charge in [0.2, 0.25) is 0 Å². The molecular weight excluding hydrogens is 258 g/mol. The Morgan fingerprint density at radius 3 is 3.05 bits per heavy atom. The van der Waals surface area contributed by atoms with Crippen molar-refractivity contribution in [2.24, 2.45) is 0 Å². The maximum atomic E-state index is 12.6. The molecule has 0 bridgehead atoms. The Bertz CT molecular complexity index is 464. The van der Waals surface area contributed by atoms with Crippen molar-refractivity contribution >= 4 is 23.5 Å². The Labute approximate surface area is 118 Å². The van der Waals surface area contributed by atoms with Gasteiger partial charge in [0.25, 0.3) is 5.91 Å². The number of amides is 1. The monoisotopic (exact) mass is 279 g/mol. The number of nitrogens with zero attached hydrogens (tertiary/aromatic N) is 2. The van der Waals surface area contributed by atoms with Gasteiger partial charge in [-0.3, -0.25) is 4.79 Å². The summed E-state index contributed by atoms with van der Waals surface area (Å²) in [5.41, 5.74) is 7.39. The predicted octanol–water partition coefficient (Wildman–Crippen LogP) is 2.19. The van der Waals surface area contributed by atoms with E-state index in [1.54, 1.807) is 6.07 Å². The summed E-state index contributed by atoms with van der Waals surface area (Å²) in [6.07, 6.45) is 1.86. The van der Waals surface area contributed by atoms with Crippen LogP contribution in [0.15, 0.2) is 12.1 Å². The molecule has 0 aliphatic carbocycles. The lowest BCUT2D eigenvalue weighted by atomic mass is 10.1. The summed E-state index contributed by atoms with van der Waals surface area (Å²) in [4.78, 5) is 18.8. The summed E-state index contributed by atoms with van der Waals surface area (Å²) in [6.45, 7) is 5.01. The molecule has 2 N–H and O–H groups in total.